The number of hydrogen-bond donors (Lipinski definition) is 3. The summed E-state index contributed by atoms with van der Waals surface area (Å²) in [5.74, 6) is 1.43. The van der Waals surface area contributed by atoms with Crippen LogP contribution in [0.25, 0.3) is 11.2 Å². The number of nitrogens with two attached hydrogens (primary N) is 1. The Labute approximate surface area is 230 Å². The number of amides is 1. The molecule has 2 aliphatic rings. The van der Waals surface area contributed by atoms with Gasteiger partial charge in [0.1, 0.15) is 5.52 Å². The number of fused-ring (bicyclic) bond motifs is 1. The Morgan fingerprint density at radius 3 is 2.61 bits per heavy atom. The number of anilines is 3. The van der Waals surface area contributed by atoms with Crippen LogP contribution in [-0.2, 0) is 9.53 Å². The van der Waals surface area contributed by atoms with Crippen LogP contribution in [0, 0.1) is 23.2 Å². The van der Waals surface area contributed by atoms with Crippen LogP contribution in [0.5, 0.6) is 0 Å². The van der Waals surface area contributed by atoms with E-state index in [1.807, 2.05) is 0 Å². The van der Waals surface area contributed by atoms with Crippen molar-refractivity contribution >= 4 is 57.9 Å². The fourth-order valence-corrected chi connectivity index (χ4v) is 6.00. The second kappa shape index (κ2) is 11.3. The molecular weight excluding hydrogens is 527 g/mol. The van der Waals surface area contributed by atoms with Crippen molar-refractivity contribution in [1.29, 1.82) is 5.26 Å². The summed E-state index contributed by atoms with van der Waals surface area (Å²) in [6.45, 7) is 3.56. The number of nitriles is 1. The highest BCUT2D eigenvalue weighted by Gasteiger charge is 2.29. The maximum absolute atomic E-state index is 11.5. The first-order valence-electron chi connectivity index (χ1n) is 12.9. The van der Waals surface area contributed by atoms with Gasteiger partial charge in [-0.2, -0.15) is 10.2 Å². The lowest BCUT2D eigenvalue weighted by Gasteiger charge is -2.30. The van der Waals surface area contributed by atoms with E-state index < -0.39 is 0 Å². The molecule has 10 nitrogen and oxygen atoms in total. The molecule has 1 aromatic carbocycles. The molecule has 0 unspecified atom stereocenters. The van der Waals surface area contributed by atoms with Gasteiger partial charge >= 0.3 is 0 Å². The fourth-order valence-electron chi connectivity index (χ4n) is 5.42. The van der Waals surface area contributed by atoms with Crippen molar-refractivity contribution < 1.29 is 9.53 Å². The summed E-state index contributed by atoms with van der Waals surface area (Å²) in [7, 11) is 0. The van der Waals surface area contributed by atoms with Gasteiger partial charge in [-0.3, -0.25) is 9.36 Å². The number of carbonyl (C=O) groups is 1. The predicted molar refractivity (Wildman–Crippen MR) is 147 cm³/mol. The van der Waals surface area contributed by atoms with Crippen molar-refractivity contribution in [3.63, 3.8) is 0 Å². The molecule has 4 N–H and O–H groups in total. The molecule has 200 valence electrons. The summed E-state index contributed by atoms with van der Waals surface area (Å²) in [5, 5.41) is 16.7. The Balaban J connectivity index is 1.51. The third-order valence-electron chi connectivity index (χ3n) is 7.47. The number of hydrogen-bond acceptors (Lipinski definition) is 8. The molecule has 0 radical (unpaired) electrons. The second-order valence-electron chi connectivity index (χ2n) is 10.2. The van der Waals surface area contributed by atoms with Crippen LogP contribution in [0.3, 0.4) is 0 Å². The highest BCUT2D eigenvalue weighted by molar-refractivity contribution is 6.39. The largest absolute Gasteiger partial charge is 0.381 e. The number of rotatable bonds is 7. The van der Waals surface area contributed by atoms with Gasteiger partial charge in [0.2, 0.25) is 17.8 Å². The lowest BCUT2D eigenvalue weighted by Crippen LogP contribution is -2.36. The molecule has 0 bridgehead atoms. The molecule has 12 heteroatoms. The fraction of sp³-hybridized carbons (Fsp3) is 0.500. The predicted octanol–water partition coefficient (Wildman–Crippen LogP) is 5.19. The Morgan fingerprint density at radius 1 is 1.21 bits per heavy atom. The minimum absolute atomic E-state index is 0.0901. The highest BCUT2D eigenvalue weighted by Crippen LogP contribution is 2.40. The number of imidazole rings is 1. The standard InChI is InChI=1S/C26H30Cl2N8O2/c1-14-13-38-7-6-20(14)32-25-31-12-21-24(35-25)36(17-4-2-15(3-5-17)10-22(30)37)26(33-21)34-23-18(27)8-16(11-29)9-19(23)28/h8-9,12,14-15,17,20H,2-7,10,13H2,1H3,(H2,30,37)(H,33,34)(H,31,32,35)/t14-,15?,17?,20+/m1/s1. The van der Waals surface area contributed by atoms with Crippen LogP contribution in [0.2, 0.25) is 10.0 Å². The first-order valence-corrected chi connectivity index (χ1v) is 13.6. The van der Waals surface area contributed by atoms with Gasteiger partial charge < -0.3 is 21.1 Å². The molecule has 1 amide bonds. The molecule has 5 rings (SSSR count). The van der Waals surface area contributed by atoms with Gasteiger partial charge in [0.25, 0.3) is 0 Å². The van der Waals surface area contributed by atoms with Gasteiger partial charge in [0, 0.05) is 25.1 Å². The summed E-state index contributed by atoms with van der Waals surface area (Å²) < 4.78 is 7.66. The van der Waals surface area contributed by atoms with Crippen molar-refractivity contribution in [3.05, 3.63) is 33.9 Å². The van der Waals surface area contributed by atoms with Crippen molar-refractivity contribution in [3.8, 4) is 6.07 Å². The number of nitrogens with one attached hydrogen (secondary N) is 2. The number of carbonyl (C=O) groups excluding carboxylic acids is 1. The van der Waals surface area contributed by atoms with Crippen molar-refractivity contribution in [2.75, 3.05) is 23.8 Å². The molecule has 38 heavy (non-hydrogen) atoms. The number of primary amides is 1. The third kappa shape index (κ3) is 5.65. The summed E-state index contributed by atoms with van der Waals surface area (Å²) >= 11 is 13.0. The zero-order valence-corrected chi connectivity index (χ0v) is 22.6. The van der Waals surface area contributed by atoms with Crippen LogP contribution in [0.1, 0.15) is 57.1 Å². The van der Waals surface area contributed by atoms with Crippen molar-refractivity contribution in [1.82, 2.24) is 19.5 Å². The van der Waals surface area contributed by atoms with Crippen molar-refractivity contribution in [2.24, 2.45) is 17.6 Å². The van der Waals surface area contributed by atoms with E-state index in [0.29, 0.717) is 69.9 Å². The third-order valence-corrected chi connectivity index (χ3v) is 8.06. The molecule has 1 aliphatic carbocycles. The number of aromatic nitrogens is 4. The van der Waals surface area contributed by atoms with Crippen LogP contribution in [-0.4, -0.2) is 44.7 Å². The van der Waals surface area contributed by atoms with Gasteiger partial charge in [0.15, 0.2) is 5.65 Å². The summed E-state index contributed by atoms with van der Waals surface area (Å²) in [6.07, 6.45) is 6.44. The molecule has 1 aliphatic heterocycles. The molecular formula is C26H30Cl2N8O2. The first kappa shape index (κ1) is 26.5. The average molecular weight is 557 g/mol. The molecule has 1 saturated heterocycles. The van der Waals surface area contributed by atoms with Gasteiger partial charge in [-0.1, -0.05) is 30.1 Å². The normalized spacial score (nSPS) is 23.6. The minimum atomic E-state index is -0.264. The molecule has 2 aromatic heterocycles. The number of nitrogens with zero attached hydrogens (tertiary/aromatic N) is 5. The van der Waals surface area contributed by atoms with E-state index in [9.17, 15) is 10.1 Å². The van der Waals surface area contributed by atoms with E-state index in [-0.39, 0.29) is 23.9 Å². The molecule has 1 saturated carbocycles. The minimum Gasteiger partial charge on any atom is -0.381 e. The maximum atomic E-state index is 11.5. The first-order chi connectivity index (χ1) is 18.3. The maximum Gasteiger partial charge on any atom is 0.224 e. The Kier molecular flexibility index (Phi) is 7.88. The molecule has 2 atom stereocenters. The topological polar surface area (TPSA) is 144 Å². The van der Waals surface area contributed by atoms with Gasteiger partial charge in [0.05, 0.1) is 40.2 Å². The van der Waals surface area contributed by atoms with Crippen LogP contribution >= 0.6 is 23.2 Å². The van der Waals surface area contributed by atoms with Gasteiger partial charge in [-0.15, -0.1) is 0 Å². The quantitative estimate of drug-likeness (QED) is 0.360. The zero-order valence-electron chi connectivity index (χ0n) is 21.1. The zero-order chi connectivity index (χ0) is 26.8. The SMILES string of the molecule is C[C@@H]1COCC[C@@H]1Nc1ncc2nc(Nc3c(Cl)cc(C#N)cc3Cl)n(C3CCC(CC(N)=O)CC3)c2n1. The summed E-state index contributed by atoms with van der Waals surface area (Å²) in [5.41, 5.74) is 7.62. The second-order valence-corrected chi connectivity index (χ2v) is 11.0. The molecule has 0 spiro atoms. The number of benzene rings is 1. The average Bonchev–Trinajstić information content (AvgIpc) is 3.25. The number of halogens is 2. The number of ether oxygens (including phenoxy) is 1. The molecule has 3 heterocycles. The summed E-state index contributed by atoms with van der Waals surface area (Å²) in [6, 6.07) is 5.50. The highest BCUT2D eigenvalue weighted by atomic mass is 35.5. The van der Waals surface area contributed by atoms with E-state index in [4.69, 9.17) is 43.6 Å². The van der Waals surface area contributed by atoms with E-state index in [1.54, 1.807) is 18.3 Å². The molecule has 3 aromatic rings. The Morgan fingerprint density at radius 2 is 1.95 bits per heavy atom. The Bertz CT molecular complexity index is 1360. The Hall–Kier alpha value is -3.13. The van der Waals surface area contributed by atoms with Crippen molar-refractivity contribution in [2.45, 2.75) is 57.5 Å². The summed E-state index contributed by atoms with van der Waals surface area (Å²) in [4.78, 5) is 25.7. The van der Waals surface area contributed by atoms with Gasteiger partial charge in [-0.25, -0.2) is 9.97 Å². The smallest absolute Gasteiger partial charge is 0.224 e. The van der Waals surface area contributed by atoms with E-state index in [1.165, 1.54) is 0 Å². The van der Waals surface area contributed by atoms with E-state index in [0.717, 1.165) is 32.1 Å². The van der Waals surface area contributed by atoms with E-state index in [2.05, 4.69) is 33.2 Å². The van der Waals surface area contributed by atoms with Crippen LogP contribution in [0.15, 0.2) is 18.3 Å². The lowest BCUT2D eigenvalue weighted by molar-refractivity contribution is -0.119. The van der Waals surface area contributed by atoms with Crippen LogP contribution < -0.4 is 16.4 Å². The van der Waals surface area contributed by atoms with E-state index >= 15 is 0 Å². The van der Waals surface area contributed by atoms with Gasteiger partial charge in [-0.05, 0) is 56.1 Å². The molecule has 2 fully saturated rings. The monoisotopic (exact) mass is 556 g/mol. The lowest BCUT2D eigenvalue weighted by atomic mass is 9.84. The van der Waals surface area contributed by atoms with Crippen LogP contribution in [0.4, 0.5) is 17.6 Å².